The Morgan fingerprint density at radius 2 is 1.82 bits per heavy atom. The highest BCUT2D eigenvalue weighted by Gasteiger charge is 2.33. The zero-order valence-electron chi connectivity index (χ0n) is 18.6. The number of allylic oxidation sites excluding steroid dienone is 1. The molecule has 0 saturated carbocycles. The zero-order valence-corrected chi connectivity index (χ0v) is 18.6. The standard InChI is InChI=1S/C23H23N5O5/c1-13-19(21(29)27-17-11-16(31-2)9-10-18(17)32-3)20(28-23(26-13)24-12-25-28)14-5-7-15(8-6-14)22(30)33-4/h5-12,20H,1-4H3,(H,27,29)(H,24,25,26)/t20-/m1/s1. The largest absolute Gasteiger partial charge is 0.497 e. The van der Waals surface area contributed by atoms with Crippen molar-refractivity contribution in [2.45, 2.75) is 13.0 Å². The van der Waals surface area contributed by atoms with Crippen molar-refractivity contribution in [1.29, 1.82) is 0 Å². The number of anilines is 2. The molecule has 2 heterocycles. The van der Waals surface area contributed by atoms with Gasteiger partial charge in [-0.25, -0.2) is 9.48 Å². The summed E-state index contributed by atoms with van der Waals surface area (Å²) in [4.78, 5) is 29.6. The summed E-state index contributed by atoms with van der Waals surface area (Å²) in [5.41, 5.74) is 2.67. The molecule has 10 nitrogen and oxygen atoms in total. The minimum Gasteiger partial charge on any atom is -0.497 e. The van der Waals surface area contributed by atoms with Crippen LogP contribution in [0.5, 0.6) is 11.5 Å². The Morgan fingerprint density at radius 1 is 1.06 bits per heavy atom. The number of amides is 1. The Hall–Kier alpha value is -4.34. The minimum atomic E-state index is -0.577. The summed E-state index contributed by atoms with van der Waals surface area (Å²) < 4.78 is 17.1. The number of nitrogens with zero attached hydrogens (tertiary/aromatic N) is 3. The predicted molar refractivity (Wildman–Crippen MR) is 120 cm³/mol. The summed E-state index contributed by atoms with van der Waals surface area (Å²) in [6.07, 6.45) is 1.41. The van der Waals surface area contributed by atoms with Crippen LogP contribution in [-0.2, 0) is 9.53 Å². The van der Waals surface area contributed by atoms with Gasteiger partial charge in [0.1, 0.15) is 23.9 Å². The minimum absolute atomic E-state index is 0.352. The fourth-order valence-corrected chi connectivity index (χ4v) is 3.71. The number of ether oxygens (including phenoxy) is 3. The SMILES string of the molecule is COC(=O)c1ccc([C@@H]2C(C(=O)Nc3cc(OC)ccc3OC)=C(C)Nc3ncnn32)cc1. The second kappa shape index (κ2) is 9.03. The topological polar surface area (TPSA) is 117 Å². The van der Waals surface area contributed by atoms with Gasteiger partial charge < -0.3 is 24.8 Å². The first-order valence-corrected chi connectivity index (χ1v) is 10.1. The Bertz CT molecular complexity index is 1230. The van der Waals surface area contributed by atoms with E-state index < -0.39 is 12.0 Å². The number of methoxy groups -OCH3 is 3. The molecule has 33 heavy (non-hydrogen) atoms. The predicted octanol–water partition coefficient (Wildman–Crippen LogP) is 3.01. The molecule has 1 aliphatic rings. The number of nitrogens with one attached hydrogen (secondary N) is 2. The van der Waals surface area contributed by atoms with Crippen LogP contribution < -0.4 is 20.1 Å². The lowest BCUT2D eigenvalue weighted by molar-refractivity contribution is -0.113. The molecule has 2 aromatic carbocycles. The highest BCUT2D eigenvalue weighted by atomic mass is 16.5. The molecule has 0 saturated heterocycles. The van der Waals surface area contributed by atoms with E-state index >= 15 is 0 Å². The lowest BCUT2D eigenvalue weighted by Gasteiger charge is -2.29. The summed E-state index contributed by atoms with van der Waals surface area (Å²) in [5.74, 6) is 0.779. The molecule has 4 rings (SSSR count). The molecule has 3 aromatic rings. The monoisotopic (exact) mass is 449 g/mol. The molecule has 0 unspecified atom stereocenters. The summed E-state index contributed by atoms with van der Waals surface area (Å²) in [6, 6.07) is 11.4. The van der Waals surface area contributed by atoms with Gasteiger partial charge in [-0.1, -0.05) is 12.1 Å². The van der Waals surface area contributed by atoms with Gasteiger partial charge in [0.2, 0.25) is 5.95 Å². The van der Waals surface area contributed by atoms with Crippen LogP contribution in [-0.4, -0.2) is 48.0 Å². The van der Waals surface area contributed by atoms with Gasteiger partial charge in [-0.05, 0) is 36.8 Å². The molecule has 1 aromatic heterocycles. The van der Waals surface area contributed by atoms with Crippen LogP contribution >= 0.6 is 0 Å². The van der Waals surface area contributed by atoms with Crippen LogP contribution in [0.3, 0.4) is 0 Å². The summed E-state index contributed by atoms with van der Waals surface area (Å²) in [5, 5.41) is 10.4. The van der Waals surface area contributed by atoms with Crippen molar-refractivity contribution in [1.82, 2.24) is 14.8 Å². The number of fused-ring (bicyclic) bond motifs is 1. The average molecular weight is 449 g/mol. The van der Waals surface area contributed by atoms with Gasteiger partial charge in [0, 0.05) is 11.8 Å². The number of hydrogen-bond acceptors (Lipinski definition) is 8. The highest BCUT2D eigenvalue weighted by Crippen LogP contribution is 2.36. The van der Waals surface area contributed by atoms with Crippen LogP contribution in [0.4, 0.5) is 11.6 Å². The van der Waals surface area contributed by atoms with Gasteiger partial charge >= 0.3 is 5.97 Å². The molecule has 1 aliphatic heterocycles. The normalized spacial score (nSPS) is 14.7. The molecule has 1 amide bonds. The smallest absolute Gasteiger partial charge is 0.337 e. The quantitative estimate of drug-likeness (QED) is 0.552. The number of rotatable bonds is 6. The zero-order chi connectivity index (χ0) is 23.5. The number of benzene rings is 2. The van der Waals surface area contributed by atoms with Crippen molar-refractivity contribution in [3.63, 3.8) is 0 Å². The number of carbonyl (C=O) groups excluding carboxylic acids is 2. The maximum atomic E-state index is 13.5. The van der Waals surface area contributed by atoms with Crippen LogP contribution in [0.25, 0.3) is 0 Å². The van der Waals surface area contributed by atoms with Crippen molar-refractivity contribution < 1.29 is 23.8 Å². The van der Waals surface area contributed by atoms with Crippen LogP contribution in [0, 0.1) is 0 Å². The van der Waals surface area contributed by atoms with E-state index in [1.807, 2.05) is 0 Å². The Labute approximate surface area is 190 Å². The van der Waals surface area contributed by atoms with Gasteiger partial charge in [0.15, 0.2) is 0 Å². The molecule has 0 radical (unpaired) electrons. The Balaban J connectivity index is 1.74. The van der Waals surface area contributed by atoms with Crippen molar-refractivity contribution in [3.8, 4) is 11.5 Å². The third kappa shape index (κ3) is 4.10. The summed E-state index contributed by atoms with van der Waals surface area (Å²) in [6.45, 7) is 1.80. The van der Waals surface area contributed by atoms with Gasteiger partial charge in [-0.15, -0.1) is 0 Å². The fourth-order valence-electron chi connectivity index (χ4n) is 3.71. The van der Waals surface area contributed by atoms with Crippen molar-refractivity contribution in [2.24, 2.45) is 0 Å². The number of carbonyl (C=O) groups is 2. The van der Waals surface area contributed by atoms with E-state index in [-0.39, 0.29) is 5.91 Å². The second-order valence-corrected chi connectivity index (χ2v) is 7.23. The first kappa shape index (κ1) is 21.9. The van der Waals surface area contributed by atoms with Crippen LogP contribution in [0.15, 0.2) is 60.1 Å². The maximum absolute atomic E-state index is 13.5. The fraction of sp³-hybridized carbons (Fsp3) is 0.217. The summed E-state index contributed by atoms with van der Waals surface area (Å²) in [7, 11) is 4.40. The molecule has 170 valence electrons. The van der Waals surface area contributed by atoms with Gasteiger partial charge in [-0.3, -0.25) is 4.79 Å². The third-order valence-electron chi connectivity index (χ3n) is 5.34. The molecule has 0 aliphatic carbocycles. The van der Waals surface area contributed by atoms with Crippen molar-refractivity contribution in [2.75, 3.05) is 32.0 Å². The van der Waals surface area contributed by atoms with E-state index in [0.29, 0.717) is 40.0 Å². The van der Waals surface area contributed by atoms with E-state index in [1.165, 1.54) is 20.5 Å². The third-order valence-corrected chi connectivity index (χ3v) is 5.34. The highest BCUT2D eigenvalue weighted by molar-refractivity contribution is 6.06. The van der Waals surface area contributed by atoms with E-state index in [9.17, 15) is 9.59 Å². The van der Waals surface area contributed by atoms with E-state index in [1.54, 1.807) is 61.2 Å². The molecule has 0 fully saturated rings. The Kier molecular flexibility index (Phi) is 5.99. The number of hydrogen-bond donors (Lipinski definition) is 2. The van der Waals surface area contributed by atoms with E-state index in [4.69, 9.17) is 14.2 Å². The summed E-state index contributed by atoms with van der Waals surface area (Å²) >= 11 is 0. The lowest BCUT2D eigenvalue weighted by atomic mass is 9.94. The van der Waals surface area contributed by atoms with Crippen LogP contribution in [0.2, 0.25) is 0 Å². The van der Waals surface area contributed by atoms with E-state index in [0.717, 1.165) is 5.56 Å². The molecule has 0 bridgehead atoms. The average Bonchev–Trinajstić information content (AvgIpc) is 3.30. The second-order valence-electron chi connectivity index (χ2n) is 7.23. The van der Waals surface area contributed by atoms with Gasteiger partial charge in [0.05, 0.1) is 38.2 Å². The molecule has 2 N–H and O–H groups in total. The lowest BCUT2D eigenvalue weighted by Crippen LogP contribution is -2.31. The van der Waals surface area contributed by atoms with Crippen LogP contribution in [0.1, 0.15) is 28.9 Å². The van der Waals surface area contributed by atoms with Crippen molar-refractivity contribution in [3.05, 3.63) is 71.2 Å². The van der Waals surface area contributed by atoms with Gasteiger partial charge in [0.25, 0.3) is 5.91 Å². The molecular weight excluding hydrogens is 426 g/mol. The van der Waals surface area contributed by atoms with Crippen molar-refractivity contribution >= 4 is 23.5 Å². The molecule has 1 atom stereocenters. The van der Waals surface area contributed by atoms with Gasteiger partial charge in [-0.2, -0.15) is 10.1 Å². The number of esters is 1. The van der Waals surface area contributed by atoms with E-state index in [2.05, 4.69) is 20.7 Å². The maximum Gasteiger partial charge on any atom is 0.337 e. The Morgan fingerprint density at radius 3 is 2.48 bits per heavy atom. The molecule has 0 spiro atoms. The molecular formula is C23H23N5O5. The number of aromatic nitrogens is 3. The molecule has 10 heteroatoms. The first-order chi connectivity index (χ1) is 16.0. The first-order valence-electron chi connectivity index (χ1n) is 10.1.